The Labute approximate surface area is 155 Å². The van der Waals surface area contributed by atoms with E-state index in [-0.39, 0.29) is 11.5 Å². The van der Waals surface area contributed by atoms with Gasteiger partial charge in [-0.1, -0.05) is 0 Å². The number of fused-ring (bicyclic) bond motifs is 1. The fourth-order valence-electron chi connectivity index (χ4n) is 2.90. The maximum absolute atomic E-state index is 13.9. The number of halogens is 6. The average molecular weight is 429 g/mol. The summed E-state index contributed by atoms with van der Waals surface area (Å²) in [5, 5.41) is 3.73. The second-order valence-electron chi connectivity index (χ2n) is 5.98. The summed E-state index contributed by atoms with van der Waals surface area (Å²) in [5.74, 6) is -2.53. The van der Waals surface area contributed by atoms with Crippen LogP contribution in [0, 0.1) is 12.7 Å². The first-order valence-electron chi connectivity index (χ1n) is 7.81. The molecule has 3 rings (SSSR count). The van der Waals surface area contributed by atoms with Crippen LogP contribution in [0.3, 0.4) is 0 Å². The summed E-state index contributed by atoms with van der Waals surface area (Å²) in [7, 11) is -4.48. The first-order valence-corrected chi connectivity index (χ1v) is 9.25. The zero-order chi connectivity index (χ0) is 20.9. The number of nitrogens with zero attached hydrogens (tertiary/aromatic N) is 3. The van der Waals surface area contributed by atoms with E-state index in [0.717, 1.165) is 6.07 Å². The summed E-state index contributed by atoms with van der Waals surface area (Å²) in [5.41, 5.74) is 0.165. The van der Waals surface area contributed by atoms with Crippen molar-refractivity contribution in [1.29, 1.82) is 0 Å². The van der Waals surface area contributed by atoms with Crippen LogP contribution in [0.15, 0.2) is 29.2 Å². The van der Waals surface area contributed by atoms with Crippen molar-refractivity contribution in [1.82, 2.24) is 9.78 Å². The number of aryl methyl sites for hydroxylation is 1. The number of alkyl halides is 5. The highest BCUT2D eigenvalue weighted by molar-refractivity contribution is 7.92. The normalized spacial score (nSPS) is 17.7. The number of aromatic nitrogens is 2. The standard InChI is InChI=1S/C15H13F6N3O3S/c1-8-6-13-23(5-4-12(15(19,20)21)24(13)22-8)28(25,26)9-2-3-11(10(16)7-9)27-14(17)18/h2-3,6-7,12,14H,4-5H2,1H3. The molecular formula is C15H13F6N3O3S. The average Bonchev–Trinajstić information content (AvgIpc) is 2.94. The van der Waals surface area contributed by atoms with E-state index in [1.807, 2.05) is 0 Å². The van der Waals surface area contributed by atoms with Gasteiger partial charge in [0.2, 0.25) is 0 Å². The summed E-state index contributed by atoms with van der Waals surface area (Å²) in [4.78, 5) is -0.623. The Morgan fingerprint density at radius 2 is 1.93 bits per heavy atom. The van der Waals surface area contributed by atoms with E-state index in [2.05, 4.69) is 9.84 Å². The predicted octanol–water partition coefficient (Wildman–Crippen LogP) is 3.63. The Morgan fingerprint density at radius 1 is 1.25 bits per heavy atom. The van der Waals surface area contributed by atoms with Gasteiger partial charge in [0, 0.05) is 12.6 Å². The van der Waals surface area contributed by atoms with Gasteiger partial charge in [-0.25, -0.2) is 21.8 Å². The highest BCUT2D eigenvalue weighted by atomic mass is 32.2. The Balaban J connectivity index is 2.02. The highest BCUT2D eigenvalue weighted by Crippen LogP contribution is 2.41. The molecule has 28 heavy (non-hydrogen) atoms. The van der Waals surface area contributed by atoms with Crippen LogP contribution in [0.1, 0.15) is 18.2 Å². The number of rotatable bonds is 4. The highest BCUT2D eigenvalue weighted by Gasteiger charge is 2.47. The zero-order valence-electron chi connectivity index (χ0n) is 14.1. The first-order chi connectivity index (χ1) is 12.9. The largest absolute Gasteiger partial charge is 0.432 e. The number of ether oxygens (including phenoxy) is 1. The molecule has 2 heterocycles. The molecule has 1 aromatic carbocycles. The molecule has 6 nitrogen and oxygen atoms in total. The van der Waals surface area contributed by atoms with Crippen LogP contribution in [0.5, 0.6) is 5.75 Å². The molecule has 1 atom stereocenters. The lowest BCUT2D eigenvalue weighted by Crippen LogP contribution is -2.43. The molecule has 0 amide bonds. The molecule has 1 aliphatic rings. The second-order valence-corrected chi connectivity index (χ2v) is 7.84. The van der Waals surface area contributed by atoms with Crippen molar-refractivity contribution in [2.45, 2.75) is 37.1 Å². The predicted molar refractivity (Wildman–Crippen MR) is 84.2 cm³/mol. The number of hydrogen-bond acceptors (Lipinski definition) is 4. The third-order valence-electron chi connectivity index (χ3n) is 4.08. The lowest BCUT2D eigenvalue weighted by molar-refractivity contribution is -0.172. The van der Waals surface area contributed by atoms with Gasteiger partial charge in [-0.3, -0.25) is 0 Å². The molecule has 0 saturated heterocycles. The first kappa shape index (κ1) is 20.3. The summed E-state index contributed by atoms with van der Waals surface area (Å²) in [6, 6.07) is 1.18. The third kappa shape index (κ3) is 3.62. The molecule has 0 radical (unpaired) electrons. The summed E-state index contributed by atoms with van der Waals surface area (Å²) in [6.07, 6.45) is -5.23. The lowest BCUT2D eigenvalue weighted by Gasteiger charge is -2.34. The van der Waals surface area contributed by atoms with E-state index in [9.17, 15) is 34.8 Å². The second kappa shape index (κ2) is 6.87. The molecule has 1 unspecified atom stereocenters. The maximum Gasteiger partial charge on any atom is 0.410 e. The topological polar surface area (TPSA) is 64.4 Å². The number of sulfonamides is 1. The van der Waals surface area contributed by atoms with Crippen LogP contribution in [-0.2, 0) is 10.0 Å². The summed E-state index contributed by atoms with van der Waals surface area (Å²) in [6.45, 7) is -2.43. The van der Waals surface area contributed by atoms with Crippen molar-refractivity contribution in [3.05, 3.63) is 35.8 Å². The van der Waals surface area contributed by atoms with Crippen LogP contribution in [0.2, 0.25) is 0 Å². The Morgan fingerprint density at radius 3 is 2.50 bits per heavy atom. The van der Waals surface area contributed by atoms with Gasteiger partial charge in [-0.2, -0.15) is 27.1 Å². The van der Waals surface area contributed by atoms with Crippen molar-refractivity contribution < 1.29 is 39.5 Å². The van der Waals surface area contributed by atoms with Crippen molar-refractivity contribution >= 4 is 15.8 Å². The van der Waals surface area contributed by atoms with Gasteiger partial charge in [0.25, 0.3) is 10.0 Å². The molecule has 1 aromatic heterocycles. The molecule has 2 aromatic rings. The molecule has 0 bridgehead atoms. The molecule has 13 heteroatoms. The molecular weight excluding hydrogens is 416 g/mol. The molecule has 0 fully saturated rings. The van der Waals surface area contributed by atoms with Crippen molar-refractivity contribution in [2.24, 2.45) is 0 Å². The van der Waals surface area contributed by atoms with E-state index in [4.69, 9.17) is 0 Å². The van der Waals surface area contributed by atoms with Gasteiger partial charge >= 0.3 is 12.8 Å². The minimum atomic E-state index is -4.64. The van der Waals surface area contributed by atoms with Gasteiger partial charge in [0.05, 0.1) is 10.6 Å². The van der Waals surface area contributed by atoms with Gasteiger partial charge < -0.3 is 4.74 Å². The van der Waals surface area contributed by atoms with E-state index < -0.39 is 58.3 Å². The van der Waals surface area contributed by atoms with Crippen LogP contribution < -0.4 is 9.04 Å². The maximum atomic E-state index is 13.9. The van der Waals surface area contributed by atoms with Gasteiger partial charge in [-0.05, 0) is 31.5 Å². The van der Waals surface area contributed by atoms with Crippen LogP contribution in [-0.4, -0.2) is 37.5 Å². The lowest BCUT2D eigenvalue weighted by atomic mass is 10.1. The van der Waals surface area contributed by atoms with Gasteiger partial charge in [0.15, 0.2) is 17.6 Å². The molecule has 0 N–H and O–H groups in total. The SMILES string of the molecule is Cc1cc2n(n1)C(C(F)(F)F)CCN2S(=O)(=O)c1ccc(OC(F)F)c(F)c1. The number of hydrogen-bond donors (Lipinski definition) is 0. The minimum Gasteiger partial charge on any atom is -0.432 e. The Bertz CT molecular complexity index is 989. The molecule has 0 aliphatic carbocycles. The fraction of sp³-hybridized carbons (Fsp3) is 0.400. The molecule has 0 spiro atoms. The van der Waals surface area contributed by atoms with Crippen molar-refractivity contribution in [3.8, 4) is 5.75 Å². The van der Waals surface area contributed by atoms with E-state index in [1.165, 1.54) is 13.0 Å². The quantitative estimate of drug-likeness (QED) is 0.697. The van der Waals surface area contributed by atoms with Gasteiger partial charge in [0.1, 0.15) is 5.82 Å². The molecule has 154 valence electrons. The van der Waals surface area contributed by atoms with Crippen molar-refractivity contribution in [3.63, 3.8) is 0 Å². The van der Waals surface area contributed by atoms with E-state index in [0.29, 0.717) is 21.1 Å². The monoisotopic (exact) mass is 429 g/mol. The smallest absolute Gasteiger partial charge is 0.410 e. The van der Waals surface area contributed by atoms with E-state index >= 15 is 0 Å². The summed E-state index contributed by atoms with van der Waals surface area (Å²) >= 11 is 0. The zero-order valence-corrected chi connectivity index (χ0v) is 14.9. The van der Waals surface area contributed by atoms with Gasteiger partial charge in [-0.15, -0.1) is 0 Å². The number of benzene rings is 1. The Hall–Kier alpha value is -2.44. The number of anilines is 1. The Kier molecular flexibility index (Phi) is 4.98. The summed E-state index contributed by atoms with van der Waals surface area (Å²) < 4.78 is 109. The molecule has 1 aliphatic heterocycles. The molecule has 0 saturated carbocycles. The third-order valence-corrected chi connectivity index (χ3v) is 5.88. The van der Waals surface area contributed by atoms with E-state index in [1.54, 1.807) is 0 Å². The van der Waals surface area contributed by atoms with Crippen molar-refractivity contribution in [2.75, 3.05) is 10.8 Å². The minimum absolute atomic E-state index is 0.165. The van der Waals surface area contributed by atoms with Crippen LogP contribution in [0.4, 0.5) is 32.2 Å². The van der Waals surface area contributed by atoms with Crippen LogP contribution >= 0.6 is 0 Å². The van der Waals surface area contributed by atoms with Crippen LogP contribution in [0.25, 0.3) is 0 Å². The fourth-order valence-corrected chi connectivity index (χ4v) is 4.38.